The monoisotopic (exact) mass is 585 g/mol. The maximum absolute atomic E-state index is 12.2. The van der Waals surface area contributed by atoms with Crippen molar-refractivity contribution in [1.29, 1.82) is 0 Å². The average molecular weight is 586 g/mol. The molecule has 0 saturated carbocycles. The Morgan fingerprint density at radius 3 is 2.14 bits per heavy atom. The minimum atomic E-state index is -1.75. The molecule has 0 radical (unpaired) electrons. The van der Waals surface area contributed by atoms with Crippen molar-refractivity contribution in [2.75, 3.05) is 6.61 Å². The fourth-order valence-electron chi connectivity index (χ4n) is 5.22. The summed E-state index contributed by atoms with van der Waals surface area (Å²) in [6.45, 7) is 1.29. The zero-order valence-electron chi connectivity index (χ0n) is 22.6. The van der Waals surface area contributed by atoms with Gasteiger partial charge < -0.3 is 43.4 Å². The number of aliphatic carboxylic acids is 1. The molecule has 3 saturated heterocycles. The number of azide groups is 1. The summed E-state index contributed by atoms with van der Waals surface area (Å²) < 4.78 is 41.3. The van der Waals surface area contributed by atoms with Crippen molar-refractivity contribution in [3.05, 3.63) is 82.2 Å². The summed E-state index contributed by atoms with van der Waals surface area (Å²) in [4.78, 5) is 27.0. The minimum absolute atomic E-state index is 0.0196. The number of rotatable bonds is 11. The second-order valence-corrected chi connectivity index (χ2v) is 10.0. The fourth-order valence-corrected chi connectivity index (χ4v) is 5.22. The fraction of sp³-hybridized carbons (Fsp3) is 0.500. The highest BCUT2D eigenvalue weighted by Crippen LogP contribution is 2.37. The molecular weight excluding hydrogens is 554 g/mol. The highest BCUT2D eigenvalue weighted by Gasteiger charge is 2.57. The van der Waals surface area contributed by atoms with Gasteiger partial charge in [0.1, 0.15) is 42.7 Å². The zero-order chi connectivity index (χ0) is 29.6. The summed E-state index contributed by atoms with van der Waals surface area (Å²) in [6.07, 6.45) is -11.2. The van der Waals surface area contributed by atoms with Crippen LogP contribution >= 0.6 is 0 Å². The Kier molecular flexibility index (Phi) is 9.67. The Labute approximate surface area is 240 Å². The molecule has 42 heavy (non-hydrogen) atoms. The first-order valence-corrected chi connectivity index (χ1v) is 13.4. The molecule has 2 aromatic carbocycles. The number of carboxylic acids is 1. The molecule has 3 heterocycles. The van der Waals surface area contributed by atoms with Crippen molar-refractivity contribution >= 4 is 11.9 Å². The number of nitrogens with zero attached hydrogens (tertiary/aromatic N) is 3. The largest absolute Gasteiger partial charge is 0.479 e. The van der Waals surface area contributed by atoms with Crippen LogP contribution in [0.5, 0.6) is 0 Å². The van der Waals surface area contributed by atoms with Crippen LogP contribution in [0.2, 0.25) is 0 Å². The Morgan fingerprint density at radius 1 is 0.952 bits per heavy atom. The minimum Gasteiger partial charge on any atom is -0.479 e. The molecule has 0 aliphatic carbocycles. The van der Waals surface area contributed by atoms with E-state index in [0.29, 0.717) is 0 Å². The van der Waals surface area contributed by atoms with Crippen molar-refractivity contribution in [2.24, 2.45) is 5.11 Å². The molecule has 3 aliphatic rings. The third kappa shape index (κ3) is 6.72. The first kappa shape index (κ1) is 29.9. The van der Waals surface area contributed by atoms with Crippen molar-refractivity contribution in [2.45, 2.75) is 81.5 Å². The quantitative estimate of drug-likeness (QED) is 0.170. The molecule has 2 bridgehead atoms. The zero-order valence-corrected chi connectivity index (χ0v) is 22.6. The maximum atomic E-state index is 12.2. The Morgan fingerprint density at radius 2 is 1.57 bits per heavy atom. The van der Waals surface area contributed by atoms with Crippen LogP contribution in [0.25, 0.3) is 10.4 Å². The van der Waals surface area contributed by atoms with Crippen LogP contribution in [0.15, 0.2) is 65.8 Å². The topological polar surface area (TPSA) is 188 Å². The van der Waals surface area contributed by atoms with E-state index >= 15 is 0 Å². The lowest BCUT2D eigenvalue weighted by molar-refractivity contribution is -0.338. The molecule has 10 atom stereocenters. The normalized spacial score (nSPS) is 33.9. The van der Waals surface area contributed by atoms with E-state index < -0.39 is 73.3 Å². The molecule has 0 spiro atoms. The molecule has 14 nitrogen and oxygen atoms in total. The predicted molar refractivity (Wildman–Crippen MR) is 140 cm³/mol. The molecule has 3 aliphatic heterocycles. The number of carboxylic acid groups (broad SMARTS) is 1. The number of hydrogen-bond acceptors (Lipinski definition) is 11. The summed E-state index contributed by atoms with van der Waals surface area (Å²) in [6, 6.07) is 17.2. The molecule has 2 N–H and O–H groups in total. The number of benzene rings is 2. The van der Waals surface area contributed by atoms with Gasteiger partial charge in [-0.3, -0.25) is 4.79 Å². The summed E-state index contributed by atoms with van der Waals surface area (Å²) in [7, 11) is 0. The maximum Gasteiger partial charge on any atom is 0.335 e. The first-order chi connectivity index (χ1) is 20.4. The van der Waals surface area contributed by atoms with E-state index in [0.717, 1.165) is 11.1 Å². The van der Waals surface area contributed by atoms with E-state index in [9.17, 15) is 19.8 Å². The van der Waals surface area contributed by atoms with E-state index in [1.807, 2.05) is 60.7 Å². The third-order valence-corrected chi connectivity index (χ3v) is 7.15. The average Bonchev–Trinajstić information content (AvgIpc) is 3.42. The van der Waals surface area contributed by atoms with Gasteiger partial charge >= 0.3 is 11.9 Å². The van der Waals surface area contributed by atoms with Gasteiger partial charge in [0.05, 0.1) is 19.8 Å². The van der Waals surface area contributed by atoms with Crippen LogP contribution in [0, 0.1) is 0 Å². The molecule has 3 fully saturated rings. The van der Waals surface area contributed by atoms with Gasteiger partial charge in [0.2, 0.25) is 0 Å². The van der Waals surface area contributed by atoms with E-state index in [-0.39, 0.29) is 19.8 Å². The standard InChI is InChI=1S/C28H31N3O11/c1-15(32)39-22-19(30-31-29)27-38-14-18(40-27)21(22)41-28-25(37-13-17-10-6-3-7-11-17)23(20(33)24(42-28)26(34)35)36-12-16-8-4-2-5-9-16/h2-11,18-25,27-28,33H,12-14H2,1H3,(H,34,35)/t18-,19-,20+,21-,22-,23+,24+,25-,27-,28-/m1/s1. The molecule has 14 heteroatoms. The van der Waals surface area contributed by atoms with Gasteiger partial charge in [-0.2, -0.15) is 0 Å². The second kappa shape index (κ2) is 13.6. The SMILES string of the molecule is CC(=O)O[C@@H]1[C@@H](N=[N+]=[N-])[C@@H]2OC[C@@H](O2)[C@H]1O[C@@H]1O[C@H](C(=O)O)[C@@H](O)[C@H](OCc2ccccc2)[C@H]1OCc1ccccc1. The summed E-state index contributed by atoms with van der Waals surface area (Å²) in [5, 5.41) is 24.7. The molecular formula is C28H31N3O11. The van der Waals surface area contributed by atoms with E-state index in [2.05, 4.69) is 10.0 Å². The van der Waals surface area contributed by atoms with Gasteiger partial charge in [0, 0.05) is 11.8 Å². The van der Waals surface area contributed by atoms with Crippen LogP contribution in [0.1, 0.15) is 18.1 Å². The van der Waals surface area contributed by atoms with Crippen molar-refractivity contribution in [3.8, 4) is 0 Å². The number of esters is 1. The van der Waals surface area contributed by atoms with Crippen molar-refractivity contribution in [3.63, 3.8) is 0 Å². The molecule has 224 valence electrons. The Balaban J connectivity index is 1.46. The Bertz CT molecular complexity index is 1260. The van der Waals surface area contributed by atoms with Crippen molar-refractivity contribution in [1.82, 2.24) is 0 Å². The van der Waals surface area contributed by atoms with Gasteiger partial charge in [0.25, 0.3) is 0 Å². The molecule has 5 rings (SSSR count). The van der Waals surface area contributed by atoms with Crippen molar-refractivity contribution < 1.29 is 53.0 Å². The first-order valence-electron chi connectivity index (χ1n) is 13.4. The van der Waals surface area contributed by atoms with Crippen LogP contribution in [0.4, 0.5) is 0 Å². The number of carbonyl (C=O) groups excluding carboxylic acids is 1. The number of hydrogen-bond donors (Lipinski definition) is 2. The molecule has 0 amide bonds. The molecule has 0 unspecified atom stereocenters. The smallest absolute Gasteiger partial charge is 0.335 e. The number of aliphatic hydroxyl groups excluding tert-OH is 1. The van der Waals surface area contributed by atoms with Crippen LogP contribution in [-0.4, -0.2) is 90.1 Å². The van der Waals surface area contributed by atoms with Crippen LogP contribution in [-0.2, 0) is 56.0 Å². The van der Waals surface area contributed by atoms with Gasteiger partial charge in [0.15, 0.2) is 18.7 Å². The summed E-state index contributed by atoms with van der Waals surface area (Å²) in [5.41, 5.74) is 10.7. The number of carbonyl (C=O) groups is 2. The Hall–Kier alpha value is -3.59. The van der Waals surface area contributed by atoms with Gasteiger partial charge in [-0.15, -0.1) is 0 Å². The van der Waals surface area contributed by atoms with Gasteiger partial charge in [-0.1, -0.05) is 65.8 Å². The summed E-state index contributed by atoms with van der Waals surface area (Å²) >= 11 is 0. The second-order valence-electron chi connectivity index (χ2n) is 10.0. The summed E-state index contributed by atoms with van der Waals surface area (Å²) in [5.74, 6) is -2.11. The highest BCUT2D eigenvalue weighted by molar-refractivity contribution is 5.73. The number of fused-ring (bicyclic) bond motifs is 2. The lowest BCUT2D eigenvalue weighted by Gasteiger charge is -2.46. The predicted octanol–water partition coefficient (Wildman–Crippen LogP) is 2.08. The van der Waals surface area contributed by atoms with E-state index in [4.69, 9.17) is 38.7 Å². The van der Waals surface area contributed by atoms with Crippen LogP contribution < -0.4 is 0 Å². The van der Waals surface area contributed by atoms with Crippen LogP contribution in [0.3, 0.4) is 0 Å². The van der Waals surface area contributed by atoms with Gasteiger partial charge in [-0.05, 0) is 16.7 Å². The highest BCUT2D eigenvalue weighted by atomic mass is 16.8. The van der Waals surface area contributed by atoms with E-state index in [1.54, 1.807) is 0 Å². The lowest BCUT2D eigenvalue weighted by atomic mass is 9.96. The molecule has 0 aromatic heterocycles. The third-order valence-electron chi connectivity index (χ3n) is 7.15. The van der Waals surface area contributed by atoms with Gasteiger partial charge in [-0.25, -0.2) is 4.79 Å². The molecule has 2 aromatic rings. The lowest BCUT2D eigenvalue weighted by Crippen LogP contribution is -2.64. The van der Waals surface area contributed by atoms with E-state index in [1.165, 1.54) is 6.92 Å². The number of aliphatic hydroxyl groups is 1. The number of ether oxygens (including phenoxy) is 7.